The lowest BCUT2D eigenvalue weighted by molar-refractivity contribution is -0.131. The fraction of sp³-hybridized carbons (Fsp3) is 0.409. The second-order valence-electron chi connectivity index (χ2n) is 7.23. The number of guanidine groups is 1. The molecule has 0 spiro atoms. The van der Waals surface area contributed by atoms with Crippen LogP contribution in [0.5, 0.6) is 0 Å². The van der Waals surface area contributed by atoms with Crippen molar-refractivity contribution in [1.82, 2.24) is 20.1 Å². The first kappa shape index (κ1) is 25.2. The van der Waals surface area contributed by atoms with Crippen LogP contribution in [0, 0.1) is 0 Å². The number of aromatic nitrogens is 1. The van der Waals surface area contributed by atoms with Crippen LogP contribution < -0.4 is 10.2 Å². The van der Waals surface area contributed by atoms with Gasteiger partial charge < -0.3 is 20.0 Å². The molecule has 1 N–H and O–H groups in total. The summed E-state index contributed by atoms with van der Waals surface area (Å²) in [4.78, 5) is 27.4. The molecule has 2 aromatic rings. The van der Waals surface area contributed by atoms with Crippen molar-refractivity contribution < 1.29 is 4.79 Å². The average molecular weight is 557 g/mol. The standard InChI is InChI=1S/C22H29ClN6O.HI/c1-24-22(27(2)17-18-7-3-4-8-19(18)23)26-12-10-21(30)29-15-13-28(14-16-29)20-9-5-6-11-25-20;/h3-9,11H,10,12-17H2,1-2H3,(H,24,26);1H. The van der Waals surface area contributed by atoms with Crippen molar-refractivity contribution in [3.63, 3.8) is 0 Å². The monoisotopic (exact) mass is 556 g/mol. The molecule has 0 atom stereocenters. The number of carbonyl (C=O) groups excluding carboxylic acids is 1. The van der Waals surface area contributed by atoms with Crippen LogP contribution in [-0.2, 0) is 11.3 Å². The Hall–Kier alpha value is -2.07. The van der Waals surface area contributed by atoms with Crippen LogP contribution in [0.15, 0.2) is 53.7 Å². The molecule has 1 aliphatic heterocycles. The largest absolute Gasteiger partial charge is 0.356 e. The minimum absolute atomic E-state index is 0. The van der Waals surface area contributed by atoms with Gasteiger partial charge in [-0.2, -0.15) is 0 Å². The minimum Gasteiger partial charge on any atom is -0.356 e. The zero-order valence-corrected chi connectivity index (χ0v) is 21.1. The highest BCUT2D eigenvalue weighted by atomic mass is 127. The Morgan fingerprint density at radius 2 is 1.87 bits per heavy atom. The van der Waals surface area contributed by atoms with Gasteiger partial charge in [-0.25, -0.2) is 4.98 Å². The van der Waals surface area contributed by atoms with Crippen LogP contribution in [0.3, 0.4) is 0 Å². The van der Waals surface area contributed by atoms with Gasteiger partial charge in [-0.1, -0.05) is 35.9 Å². The van der Waals surface area contributed by atoms with Gasteiger partial charge in [0.1, 0.15) is 5.82 Å². The summed E-state index contributed by atoms with van der Waals surface area (Å²) < 4.78 is 0. The molecule has 1 aliphatic rings. The normalized spacial score (nSPS) is 14.1. The van der Waals surface area contributed by atoms with Gasteiger partial charge in [0.25, 0.3) is 0 Å². The molecular weight excluding hydrogens is 527 g/mol. The number of rotatable bonds is 6. The zero-order valence-electron chi connectivity index (χ0n) is 18.0. The van der Waals surface area contributed by atoms with Gasteiger partial charge in [-0.3, -0.25) is 9.79 Å². The number of pyridine rings is 1. The molecule has 0 radical (unpaired) electrons. The predicted molar refractivity (Wildman–Crippen MR) is 137 cm³/mol. The van der Waals surface area contributed by atoms with Gasteiger partial charge in [0.05, 0.1) is 0 Å². The second-order valence-corrected chi connectivity index (χ2v) is 7.63. The molecule has 3 rings (SSSR count). The number of piperazine rings is 1. The van der Waals surface area contributed by atoms with Gasteiger partial charge in [0.15, 0.2) is 5.96 Å². The molecule has 1 fully saturated rings. The van der Waals surface area contributed by atoms with E-state index >= 15 is 0 Å². The maximum Gasteiger partial charge on any atom is 0.224 e. The topological polar surface area (TPSA) is 64.1 Å². The van der Waals surface area contributed by atoms with Crippen LogP contribution in [0.1, 0.15) is 12.0 Å². The van der Waals surface area contributed by atoms with Crippen molar-refractivity contribution in [3.8, 4) is 0 Å². The van der Waals surface area contributed by atoms with Crippen molar-refractivity contribution in [1.29, 1.82) is 0 Å². The number of nitrogens with one attached hydrogen (secondary N) is 1. The lowest BCUT2D eigenvalue weighted by Crippen LogP contribution is -2.49. The molecule has 9 heteroatoms. The Morgan fingerprint density at radius 1 is 1.16 bits per heavy atom. The molecule has 2 heterocycles. The van der Waals surface area contributed by atoms with E-state index in [9.17, 15) is 4.79 Å². The summed E-state index contributed by atoms with van der Waals surface area (Å²) in [5.74, 6) is 1.87. The van der Waals surface area contributed by atoms with Crippen LogP contribution >= 0.6 is 35.6 Å². The molecule has 31 heavy (non-hydrogen) atoms. The van der Waals surface area contributed by atoms with E-state index in [1.54, 1.807) is 13.2 Å². The highest BCUT2D eigenvalue weighted by Gasteiger charge is 2.21. The highest BCUT2D eigenvalue weighted by Crippen LogP contribution is 2.16. The average Bonchev–Trinajstić information content (AvgIpc) is 2.79. The number of benzene rings is 1. The van der Waals surface area contributed by atoms with Crippen molar-refractivity contribution in [2.75, 3.05) is 51.7 Å². The smallest absolute Gasteiger partial charge is 0.224 e. The predicted octanol–water partition coefficient (Wildman–Crippen LogP) is 3.10. The van der Waals surface area contributed by atoms with Gasteiger partial charge in [0.2, 0.25) is 5.91 Å². The lowest BCUT2D eigenvalue weighted by Gasteiger charge is -2.35. The third kappa shape index (κ3) is 7.24. The molecule has 1 aromatic carbocycles. The van der Waals surface area contributed by atoms with E-state index in [-0.39, 0.29) is 29.9 Å². The fourth-order valence-corrected chi connectivity index (χ4v) is 3.70. The Balaban J connectivity index is 0.00000341. The molecule has 1 saturated heterocycles. The van der Waals surface area contributed by atoms with Crippen molar-refractivity contribution in [2.45, 2.75) is 13.0 Å². The summed E-state index contributed by atoms with van der Waals surface area (Å²) in [5, 5.41) is 4.01. The van der Waals surface area contributed by atoms with Crippen LogP contribution in [0.4, 0.5) is 5.82 Å². The van der Waals surface area contributed by atoms with Gasteiger partial charge in [0, 0.05) is 71.0 Å². The van der Waals surface area contributed by atoms with Gasteiger partial charge >= 0.3 is 0 Å². The van der Waals surface area contributed by atoms with E-state index in [0.29, 0.717) is 19.5 Å². The third-order valence-electron chi connectivity index (χ3n) is 5.17. The first-order valence-corrected chi connectivity index (χ1v) is 10.5. The maximum absolute atomic E-state index is 12.6. The first-order valence-electron chi connectivity index (χ1n) is 10.2. The number of halogens is 2. The number of carbonyl (C=O) groups is 1. The molecule has 168 valence electrons. The minimum atomic E-state index is 0. The summed E-state index contributed by atoms with van der Waals surface area (Å²) in [6.45, 7) is 4.23. The van der Waals surface area contributed by atoms with Crippen LogP contribution in [-0.4, -0.2) is 73.5 Å². The Labute approximate surface area is 206 Å². The fourth-order valence-electron chi connectivity index (χ4n) is 3.51. The van der Waals surface area contributed by atoms with Crippen molar-refractivity contribution >= 4 is 53.3 Å². The summed E-state index contributed by atoms with van der Waals surface area (Å²) in [5.41, 5.74) is 1.03. The lowest BCUT2D eigenvalue weighted by atomic mass is 10.2. The second kappa shape index (κ2) is 12.7. The Kier molecular flexibility index (Phi) is 10.3. The van der Waals surface area contributed by atoms with Crippen LogP contribution in [0.2, 0.25) is 5.02 Å². The molecule has 7 nitrogen and oxygen atoms in total. The summed E-state index contributed by atoms with van der Waals surface area (Å²) in [6.07, 6.45) is 2.23. The SMILES string of the molecule is CN=C(NCCC(=O)N1CCN(c2ccccn2)CC1)N(C)Cc1ccccc1Cl.I. The molecule has 0 bridgehead atoms. The summed E-state index contributed by atoms with van der Waals surface area (Å²) in [7, 11) is 3.70. The highest BCUT2D eigenvalue weighted by molar-refractivity contribution is 14.0. The summed E-state index contributed by atoms with van der Waals surface area (Å²) in [6, 6.07) is 13.7. The molecule has 0 saturated carbocycles. The third-order valence-corrected chi connectivity index (χ3v) is 5.54. The maximum atomic E-state index is 12.6. The zero-order chi connectivity index (χ0) is 21.3. The molecule has 1 aromatic heterocycles. The molecule has 1 amide bonds. The number of hydrogen-bond acceptors (Lipinski definition) is 4. The number of anilines is 1. The van der Waals surface area contributed by atoms with Gasteiger partial charge in [-0.05, 0) is 23.8 Å². The molecular formula is C22H30ClIN6O. The van der Waals surface area contributed by atoms with E-state index in [1.165, 1.54) is 0 Å². The number of hydrogen-bond donors (Lipinski definition) is 1. The Bertz CT molecular complexity index is 858. The van der Waals surface area contributed by atoms with E-state index in [4.69, 9.17) is 11.6 Å². The summed E-state index contributed by atoms with van der Waals surface area (Å²) >= 11 is 6.25. The van der Waals surface area contributed by atoms with E-state index in [0.717, 1.165) is 48.5 Å². The quantitative estimate of drug-likeness (QED) is 0.337. The molecule has 0 aliphatic carbocycles. The van der Waals surface area contributed by atoms with Crippen LogP contribution in [0.25, 0.3) is 0 Å². The Morgan fingerprint density at radius 3 is 2.52 bits per heavy atom. The first-order chi connectivity index (χ1) is 14.6. The van der Waals surface area contributed by atoms with E-state index < -0.39 is 0 Å². The molecule has 0 unspecified atom stereocenters. The van der Waals surface area contributed by atoms with E-state index in [1.807, 2.05) is 59.3 Å². The number of amides is 1. The number of aliphatic imine (C=N–C) groups is 1. The van der Waals surface area contributed by atoms with Crippen molar-refractivity contribution in [2.24, 2.45) is 4.99 Å². The number of nitrogens with zero attached hydrogens (tertiary/aromatic N) is 5. The van der Waals surface area contributed by atoms with E-state index in [2.05, 4.69) is 20.2 Å². The van der Waals surface area contributed by atoms with Gasteiger partial charge in [-0.15, -0.1) is 24.0 Å². The van der Waals surface area contributed by atoms with Crippen molar-refractivity contribution in [3.05, 3.63) is 59.2 Å².